The maximum atomic E-state index is 13.0. The molecule has 1 saturated heterocycles. The van der Waals surface area contributed by atoms with Crippen molar-refractivity contribution in [3.8, 4) is 0 Å². The van der Waals surface area contributed by atoms with Gasteiger partial charge in [0.15, 0.2) is 0 Å². The van der Waals surface area contributed by atoms with Gasteiger partial charge in [0.2, 0.25) is 0 Å². The van der Waals surface area contributed by atoms with E-state index in [1.54, 1.807) is 18.4 Å². The number of thiophene rings is 1. The van der Waals surface area contributed by atoms with E-state index in [2.05, 4.69) is 39.0 Å². The second-order valence-electron chi connectivity index (χ2n) is 9.39. The molecule has 1 atom stereocenters. The van der Waals surface area contributed by atoms with Gasteiger partial charge in [-0.1, -0.05) is 0 Å². The van der Waals surface area contributed by atoms with Crippen molar-refractivity contribution >= 4 is 23.3 Å². The van der Waals surface area contributed by atoms with Gasteiger partial charge in [-0.3, -0.25) is 9.78 Å². The molecule has 1 aliphatic heterocycles. The predicted molar refractivity (Wildman–Crippen MR) is 140 cm³/mol. The summed E-state index contributed by atoms with van der Waals surface area (Å²) < 4.78 is 5.08. The van der Waals surface area contributed by atoms with Crippen molar-refractivity contribution in [2.24, 2.45) is 5.73 Å². The molecule has 2 aromatic rings. The highest BCUT2D eigenvalue weighted by molar-refractivity contribution is 7.07. The summed E-state index contributed by atoms with van der Waals surface area (Å²) in [5.74, 6) is -0.421. The third-order valence-electron chi connectivity index (χ3n) is 6.85. The van der Waals surface area contributed by atoms with Crippen molar-refractivity contribution in [3.05, 3.63) is 51.0 Å². The molecule has 35 heavy (non-hydrogen) atoms. The van der Waals surface area contributed by atoms with E-state index in [0.717, 1.165) is 50.0 Å². The van der Waals surface area contributed by atoms with Crippen LogP contribution in [0, 0.1) is 13.8 Å². The van der Waals surface area contributed by atoms with E-state index in [0.29, 0.717) is 37.0 Å². The fraction of sp³-hybridized carbons (Fsp3) is 0.577. The van der Waals surface area contributed by atoms with Crippen molar-refractivity contribution in [1.29, 1.82) is 0 Å². The zero-order chi connectivity index (χ0) is 25.4. The SMILES string of the molecule is COCCNC(=O)N(Cc1ccsc1)C1CCN([C@H](C)CCc2cc(C)c(C(N)=O)c(C)n2)CC1. The van der Waals surface area contributed by atoms with Crippen LogP contribution in [0.5, 0.6) is 0 Å². The highest BCUT2D eigenvalue weighted by atomic mass is 32.1. The number of methoxy groups -OCH3 is 1. The number of pyridine rings is 1. The summed E-state index contributed by atoms with van der Waals surface area (Å²) in [6.45, 7) is 9.60. The van der Waals surface area contributed by atoms with Crippen molar-refractivity contribution in [2.75, 3.05) is 33.4 Å². The lowest BCUT2D eigenvalue weighted by atomic mass is 9.99. The maximum Gasteiger partial charge on any atom is 0.318 e. The number of primary amides is 1. The quantitative estimate of drug-likeness (QED) is 0.459. The molecule has 0 bridgehead atoms. The Balaban J connectivity index is 1.54. The van der Waals surface area contributed by atoms with Crippen LogP contribution in [0.15, 0.2) is 22.9 Å². The summed E-state index contributed by atoms with van der Waals surface area (Å²) >= 11 is 1.66. The number of likely N-dealkylation sites (tertiary alicyclic amines) is 1. The van der Waals surface area contributed by atoms with E-state index in [4.69, 9.17) is 10.5 Å². The van der Waals surface area contributed by atoms with E-state index in [9.17, 15) is 9.59 Å². The summed E-state index contributed by atoms with van der Waals surface area (Å²) in [6.07, 6.45) is 3.75. The monoisotopic (exact) mass is 501 g/mol. The normalized spacial score (nSPS) is 15.7. The first-order valence-electron chi connectivity index (χ1n) is 12.4. The molecule has 0 aliphatic carbocycles. The minimum Gasteiger partial charge on any atom is -0.383 e. The van der Waals surface area contributed by atoms with Gasteiger partial charge in [0, 0.05) is 51.1 Å². The Labute approximate surface area is 212 Å². The molecule has 9 heteroatoms. The number of amides is 3. The Kier molecular flexibility index (Phi) is 10.1. The van der Waals surface area contributed by atoms with Crippen LogP contribution in [-0.4, -0.2) is 72.2 Å². The van der Waals surface area contributed by atoms with Crippen molar-refractivity contribution in [2.45, 2.75) is 65.1 Å². The minimum absolute atomic E-state index is 0.0176. The van der Waals surface area contributed by atoms with Crippen LogP contribution in [0.1, 0.15) is 59.1 Å². The van der Waals surface area contributed by atoms with Gasteiger partial charge < -0.3 is 25.6 Å². The molecule has 0 unspecified atom stereocenters. The van der Waals surface area contributed by atoms with Gasteiger partial charge in [-0.25, -0.2) is 4.79 Å². The first-order valence-corrected chi connectivity index (χ1v) is 13.3. The average molecular weight is 502 g/mol. The second kappa shape index (κ2) is 13.0. The highest BCUT2D eigenvalue weighted by Crippen LogP contribution is 2.23. The number of rotatable bonds is 11. The van der Waals surface area contributed by atoms with Crippen molar-refractivity contribution < 1.29 is 14.3 Å². The Morgan fingerprint density at radius 2 is 2.09 bits per heavy atom. The van der Waals surface area contributed by atoms with E-state index >= 15 is 0 Å². The van der Waals surface area contributed by atoms with Crippen LogP contribution in [0.3, 0.4) is 0 Å². The lowest BCUT2D eigenvalue weighted by molar-refractivity contribution is 0.0936. The number of carbonyl (C=O) groups is 2. The fourth-order valence-electron chi connectivity index (χ4n) is 4.90. The second-order valence-corrected chi connectivity index (χ2v) is 10.2. The van der Waals surface area contributed by atoms with Gasteiger partial charge in [-0.15, -0.1) is 0 Å². The topological polar surface area (TPSA) is 101 Å². The molecule has 0 spiro atoms. The molecule has 192 valence electrons. The number of nitrogens with one attached hydrogen (secondary N) is 1. The van der Waals surface area contributed by atoms with Gasteiger partial charge in [-0.2, -0.15) is 11.3 Å². The number of carbonyl (C=O) groups excluding carboxylic acids is 2. The van der Waals surface area contributed by atoms with Gasteiger partial charge in [0.05, 0.1) is 17.9 Å². The fourth-order valence-corrected chi connectivity index (χ4v) is 5.56. The minimum atomic E-state index is -0.421. The molecule has 1 fully saturated rings. The van der Waals surface area contributed by atoms with Crippen LogP contribution in [0.4, 0.5) is 4.79 Å². The zero-order valence-electron chi connectivity index (χ0n) is 21.4. The van der Waals surface area contributed by atoms with Gasteiger partial charge in [0.1, 0.15) is 0 Å². The third kappa shape index (κ3) is 7.49. The van der Waals surface area contributed by atoms with Gasteiger partial charge in [-0.05, 0) is 80.5 Å². The summed E-state index contributed by atoms with van der Waals surface area (Å²) in [7, 11) is 1.64. The standard InChI is InChI=1S/C26H39N5O3S/c1-18-15-22(29-20(3)24(18)25(27)32)6-5-19(2)30-11-7-23(8-12-30)31(16-21-9-14-35-17-21)26(33)28-10-13-34-4/h9,14-15,17,19,23H,5-8,10-13,16H2,1-4H3,(H2,27,32)(H,28,33)/t19-/m1/s1. The summed E-state index contributed by atoms with van der Waals surface area (Å²) in [5.41, 5.74) is 9.79. The van der Waals surface area contributed by atoms with Crippen LogP contribution in [0.2, 0.25) is 0 Å². The van der Waals surface area contributed by atoms with Gasteiger partial charge >= 0.3 is 6.03 Å². The molecule has 3 amide bonds. The molecule has 0 radical (unpaired) electrons. The molecular formula is C26H39N5O3S. The molecular weight excluding hydrogens is 462 g/mol. The van der Waals surface area contributed by atoms with Crippen LogP contribution < -0.4 is 11.1 Å². The van der Waals surface area contributed by atoms with E-state index in [1.165, 1.54) is 5.56 Å². The third-order valence-corrected chi connectivity index (χ3v) is 7.59. The summed E-state index contributed by atoms with van der Waals surface area (Å²) in [5, 5.41) is 7.17. The Morgan fingerprint density at radius 1 is 1.34 bits per heavy atom. The molecule has 3 heterocycles. The summed E-state index contributed by atoms with van der Waals surface area (Å²) in [6, 6.07) is 4.68. The number of aromatic nitrogens is 1. The number of hydrogen-bond acceptors (Lipinski definition) is 6. The molecule has 3 rings (SSSR count). The van der Waals surface area contributed by atoms with E-state index in [1.807, 2.05) is 24.8 Å². The van der Waals surface area contributed by atoms with E-state index < -0.39 is 5.91 Å². The Morgan fingerprint density at radius 3 is 2.69 bits per heavy atom. The van der Waals surface area contributed by atoms with Crippen LogP contribution >= 0.6 is 11.3 Å². The van der Waals surface area contributed by atoms with E-state index in [-0.39, 0.29) is 12.1 Å². The Hall–Kier alpha value is -2.49. The predicted octanol–water partition coefficient (Wildman–Crippen LogP) is 3.50. The largest absolute Gasteiger partial charge is 0.383 e. The first kappa shape index (κ1) is 27.1. The number of piperidine rings is 1. The van der Waals surface area contributed by atoms with Crippen molar-refractivity contribution in [1.82, 2.24) is 20.1 Å². The number of nitrogens with zero attached hydrogens (tertiary/aromatic N) is 3. The van der Waals surface area contributed by atoms with Crippen LogP contribution in [0.25, 0.3) is 0 Å². The number of urea groups is 1. The summed E-state index contributed by atoms with van der Waals surface area (Å²) in [4.78, 5) is 33.7. The molecule has 1 aliphatic rings. The molecule has 0 aromatic carbocycles. The van der Waals surface area contributed by atoms with Crippen molar-refractivity contribution in [3.63, 3.8) is 0 Å². The maximum absolute atomic E-state index is 13.0. The lowest BCUT2D eigenvalue weighted by Gasteiger charge is -2.40. The number of aryl methyl sites for hydroxylation is 3. The Bertz CT molecular complexity index is 950. The average Bonchev–Trinajstić information content (AvgIpc) is 3.34. The zero-order valence-corrected chi connectivity index (χ0v) is 22.2. The molecule has 2 aromatic heterocycles. The molecule has 8 nitrogen and oxygen atoms in total. The first-order chi connectivity index (χ1) is 16.8. The van der Waals surface area contributed by atoms with Crippen LogP contribution in [-0.2, 0) is 17.7 Å². The lowest BCUT2D eigenvalue weighted by Crippen LogP contribution is -2.52. The highest BCUT2D eigenvalue weighted by Gasteiger charge is 2.29. The number of ether oxygens (including phenoxy) is 1. The molecule has 0 saturated carbocycles. The number of nitrogens with two attached hydrogens (primary N) is 1. The smallest absolute Gasteiger partial charge is 0.318 e. The van der Waals surface area contributed by atoms with Gasteiger partial charge in [0.25, 0.3) is 5.91 Å². The number of hydrogen-bond donors (Lipinski definition) is 2. The molecule has 3 N–H and O–H groups in total.